The number of rotatable bonds is 7. The van der Waals surface area contributed by atoms with Gasteiger partial charge in [-0.25, -0.2) is 4.79 Å². The van der Waals surface area contributed by atoms with E-state index >= 15 is 0 Å². The summed E-state index contributed by atoms with van der Waals surface area (Å²) in [5.74, 6) is 0.324. The lowest BCUT2D eigenvalue weighted by atomic mass is 10.2. The van der Waals surface area contributed by atoms with Crippen LogP contribution in [-0.2, 0) is 14.3 Å². The molecule has 6 nitrogen and oxygen atoms in total. The average Bonchev–Trinajstić information content (AvgIpc) is 3.13. The fourth-order valence-corrected chi connectivity index (χ4v) is 1.99. The van der Waals surface area contributed by atoms with Crippen molar-refractivity contribution in [3.63, 3.8) is 0 Å². The molecule has 126 valence electrons. The Morgan fingerprint density at radius 1 is 1.29 bits per heavy atom. The Labute approximate surface area is 140 Å². The van der Waals surface area contributed by atoms with E-state index in [9.17, 15) is 9.59 Å². The monoisotopic (exact) mass is 329 g/mol. The maximum atomic E-state index is 11.7. The van der Waals surface area contributed by atoms with E-state index in [1.165, 1.54) is 12.3 Å². The number of hydrogen-bond acceptors (Lipinski definition) is 5. The smallest absolute Gasteiger partial charge is 0.331 e. The van der Waals surface area contributed by atoms with Crippen LogP contribution in [0.5, 0.6) is 5.75 Å². The third kappa shape index (κ3) is 5.31. The molecular formula is C18H19NO5. The lowest BCUT2D eigenvalue weighted by Gasteiger charge is -2.11. The predicted molar refractivity (Wildman–Crippen MR) is 88.3 cm³/mol. The number of nitrogens with one attached hydrogen (secondary N) is 1. The Morgan fingerprint density at radius 3 is 2.83 bits per heavy atom. The number of ether oxygens (including phenoxy) is 2. The second-order valence-corrected chi connectivity index (χ2v) is 5.02. The minimum atomic E-state index is -0.598. The first kappa shape index (κ1) is 17.3. The molecule has 0 fully saturated rings. The van der Waals surface area contributed by atoms with E-state index in [0.29, 0.717) is 11.5 Å². The molecule has 2 aromatic rings. The lowest BCUT2D eigenvalue weighted by molar-refractivity contribution is -0.144. The molecule has 1 N–H and O–H groups in total. The Balaban J connectivity index is 1.77. The molecule has 1 aromatic carbocycles. The standard InChI is InChI=1S/C18H19NO5/c1-13(16-7-4-10-23-16)19-17(20)12-24-18(21)9-8-14-5-3-6-15(11-14)22-2/h3-11,13H,12H2,1-2H3,(H,19,20)/b9-8+/t13-/m0/s1. The van der Waals surface area contributed by atoms with Gasteiger partial charge in [0.1, 0.15) is 11.5 Å². The third-order valence-electron chi connectivity index (χ3n) is 3.20. The highest BCUT2D eigenvalue weighted by atomic mass is 16.5. The van der Waals surface area contributed by atoms with Gasteiger partial charge in [0.2, 0.25) is 0 Å². The molecule has 0 bridgehead atoms. The topological polar surface area (TPSA) is 77.8 Å². The second kappa shape index (κ2) is 8.57. The predicted octanol–water partition coefficient (Wildman–Crippen LogP) is 2.72. The number of benzene rings is 1. The molecule has 0 aliphatic rings. The minimum absolute atomic E-state index is 0.293. The van der Waals surface area contributed by atoms with Crippen molar-refractivity contribution in [1.29, 1.82) is 0 Å². The van der Waals surface area contributed by atoms with Crippen molar-refractivity contribution in [3.05, 3.63) is 60.1 Å². The van der Waals surface area contributed by atoms with Gasteiger partial charge in [-0.1, -0.05) is 12.1 Å². The Morgan fingerprint density at radius 2 is 2.12 bits per heavy atom. The van der Waals surface area contributed by atoms with Gasteiger partial charge in [-0.3, -0.25) is 4.79 Å². The summed E-state index contributed by atoms with van der Waals surface area (Å²) in [5.41, 5.74) is 0.794. The molecule has 1 heterocycles. The first-order valence-electron chi connectivity index (χ1n) is 7.40. The Hall–Kier alpha value is -3.02. The number of amides is 1. The fraction of sp³-hybridized carbons (Fsp3) is 0.222. The van der Waals surface area contributed by atoms with Crippen molar-refractivity contribution < 1.29 is 23.5 Å². The van der Waals surface area contributed by atoms with Crippen LogP contribution in [0.25, 0.3) is 6.08 Å². The number of esters is 1. The van der Waals surface area contributed by atoms with Gasteiger partial charge in [0, 0.05) is 6.08 Å². The molecular weight excluding hydrogens is 310 g/mol. The highest BCUT2D eigenvalue weighted by Crippen LogP contribution is 2.14. The number of carbonyl (C=O) groups is 2. The van der Waals surface area contributed by atoms with Crippen LogP contribution in [0.2, 0.25) is 0 Å². The zero-order valence-corrected chi connectivity index (χ0v) is 13.5. The number of hydrogen-bond donors (Lipinski definition) is 1. The third-order valence-corrected chi connectivity index (χ3v) is 3.20. The van der Waals surface area contributed by atoms with Gasteiger partial charge >= 0.3 is 5.97 Å². The molecule has 0 spiro atoms. The van der Waals surface area contributed by atoms with Gasteiger partial charge in [0.25, 0.3) is 5.91 Å². The van der Waals surface area contributed by atoms with Crippen molar-refractivity contribution >= 4 is 18.0 Å². The number of carbonyl (C=O) groups excluding carboxylic acids is 2. The first-order valence-corrected chi connectivity index (χ1v) is 7.40. The van der Waals surface area contributed by atoms with Crippen molar-refractivity contribution in [2.75, 3.05) is 13.7 Å². The molecule has 1 aromatic heterocycles. The molecule has 1 atom stereocenters. The number of methoxy groups -OCH3 is 1. The van der Waals surface area contributed by atoms with Gasteiger partial charge in [0.15, 0.2) is 6.61 Å². The van der Waals surface area contributed by atoms with E-state index in [1.54, 1.807) is 44.4 Å². The van der Waals surface area contributed by atoms with E-state index in [4.69, 9.17) is 13.9 Å². The SMILES string of the molecule is COc1cccc(/C=C/C(=O)OCC(=O)N[C@@H](C)c2ccco2)c1. The summed E-state index contributed by atoms with van der Waals surface area (Å²) in [5, 5.41) is 2.68. The summed E-state index contributed by atoms with van der Waals surface area (Å²) >= 11 is 0. The molecule has 6 heteroatoms. The van der Waals surface area contributed by atoms with Crippen LogP contribution in [-0.4, -0.2) is 25.6 Å². The zero-order chi connectivity index (χ0) is 17.4. The van der Waals surface area contributed by atoms with Crippen LogP contribution >= 0.6 is 0 Å². The van der Waals surface area contributed by atoms with E-state index < -0.39 is 11.9 Å². The molecule has 2 rings (SSSR count). The zero-order valence-electron chi connectivity index (χ0n) is 13.5. The molecule has 0 saturated carbocycles. The minimum Gasteiger partial charge on any atom is -0.497 e. The van der Waals surface area contributed by atoms with Gasteiger partial charge in [-0.15, -0.1) is 0 Å². The Kier molecular flexibility index (Phi) is 6.19. The van der Waals surface area contributed by atoms with E-state index in [0.717, 1.165) is 5.56 Å². The summed E-state index contributed by atoms with van der Waals surface area (Å²) in [4.78, 5) is 23.4. The van der Waals surface area contributed by atoms with Crippen LogP contribution in [0.4, 0.5) is 0 Å². The molecule has 24 heavy (non-hydrogen) atoms. The quantitative estimate of drug-likeness (QED) is 0.624. The van der Waals surface area contributed by atoms with Gasteiger partial charge in [-0.05, 0) is 42.8 Å². The first-order chi connectivity index (χ1) is 11.6. The van der Waals surface area contributed by atoms with Crippen molar-refractivity contribution in [1.82, 2.24) is 5.32 Å². The fourth-order valence-electron chi connectivity index (χ4n) is 1.99. The maximum Gasteiger partial charge on any atom is 0.331 e. The van der Waals surface area contributed by atoms with E-state index in [2.05, 4.69) is 5.32 Å². The summed E-state index contributed by atoms with van der Waals surface area (Å²) in [6, 6.07) is 10.4. The van der Waals surface area contributed by atoms with Crippen molar-refractivity contribution in [2.24, 2.45) is 0 Å². The van der Waals surface area contributed by atoms with Gasteiger partial charge in [0.05, 0.1) is 19.4 Å². The van der Waals surface area contributed by atoms with E-state index in [-0.39, 0.29) is 12.6 Å². The number of furan rings is 1. The summed E-state index contributed by atoms with van der Waals surface area (Å²) in [6.07, 6.45) is 4.38. The summed E-state index contributed by atoms with van der Waals surface area (Å²) in [6.45, 7) is 1.42. The summed E-state index contributed by atoms with van der Waals surface area (Å²) < 4.78 is 15.2. The molecule has 1 amide bonds. The highest BCUT2D eigenvalue weighted by Gasteiger charge is 2.12. The molecule has 0 aliphatic carbocycles. The van der Waals surface area contributed by atoms with Crippen molar-refractivity contribution in [3.8, 4) is 5.75 Å². The largest absolute Gasteiger partial charge is 0.497 e. The van der Waals surface area contributed by atoms with Crippen molar-refractivity contribution in [2.45, 2.75) is 13.0 Å². The van der Waals surface area contributed by atoms with E-state index in [1.807, 2.05) is 12.1 Å². The second-order valence-electron chi connectivity index (χ2n) is 5.02. The Bertz CT molecular complexity index is 706. The molecule has 0 radical (unpaired) electrons. The molecule has 0 unspecified atom stereocenters. The average molecular weight is 329 g/mol. The van der Waals surface area contributed by atoms with Crippen LogP contribution in [0.1, 0.15) is 24.3 Å². The van der Waals surface area contributed by atoms with Crippen LogP contribution < -0.4 is 10.1 Å². The molecule has 0 saturated heterocycles. The van der Waals surface area contributed by atoms with Crippen LogP contribution in [0.15, 0.2) is 53.2 Å². The van der Waals surface area contributed by atoms with Gasteiger partial charge in [-0.2, -0.15) is 0 Å². The normalized spacial score (nSPS) is 11.9. The summed E-state index contributed by atoms with van der Waals surface area (Å²) in [7, 11) is 1.57. The van der Waals surface area contributed by atoms with Crippen LogP contribution in [0, 0.1) is 0 Å². The van der Waals surface area contributed by atoms with Crippen LogP contribution in [0.3, 0.4) is 0 Å². The van der Waals surface area contributed by atoms with Gasteiger partial charge < -0.3 is 19.2 Å². The maximum absolute atomic E-state index is 11.7. The highest BCUT2D eigenvalue weighted by molar-refractivity contribution is 5.89. The lowest BCUT2D eigenvalue weighted by Crippen LogP contribution is -2.30. The molecule has 0 aliphatic heterocycles.